The van der Waals surface area contributed by atoms with Crippen molar-refractivity contribution in [3.8, 4) is 0 Å². The number of carbonyl (C=O) groups is 4. The van der Waals surface area contributed by atoms with Crippen LogP contribution in [0.4, 0.5) is 0 Å². The number of rotatable bonds is 12. The summed E-state index contributed by atoms with van der Waals surface area (Å²) in [6.07, 6.45) is 8.59. The van der Waals surface area contributed by atoms with Crippen molar-refractivity contribution >= 4 is 42.2 Å². The molecule has 59 heavy (non-hydrogen) atoms. The Kier molecular flexibility index (Phi) is 14.6. The molecule has 5 atom stereocenters. The average Bonchev–Trinajstić information content (AvgIpc) is 3.59. The summed E-state index contributed by atoms with van der Waals surface area (Å²) >= 11 is 0. The number of nitrogens with zero attached hydrogens (tertiary/aromatic N) is 1. The van der Waals surface area contributed by atoms with Gasteiger partial charge in [0.2, 0.25) is 17.7 Å². The van der Waals surface area contributed by atoms with Gasteiger partial charge in [-0.15, -0.1) is 0 Å². The van der Waals surface area contributed by atoms with Crippen molar-refractivity contribution < 1.29 is 38.3 Å². The number of hydrogen-bond donors (Lipinski definition) is 6. The number of benzene rings is 3. The van der Waals surface area contributed by atoms with Gasteiger partial charge in [0.05, 0.1) is 31.1 Å². The van der Waals surface area contributed by atoms with E-state index in [9.17, 15) is 33.7 Å². The van der Waals surface area contributed by atoms with Gasteiger partial charge in [-0.1, -0.05) is 97.6 Å². The fraction of sp³-hybridized carbons (Fsp3) is 0.422. The molecule has 3 amide bonds. The number of allylic oxidation sites excluding steroid dienone is 2. The van der Waals surface area contributed by atoms with Crippen LogP contribution < -0.4 is 21.7 Å². The topological polar surface area (TPSA) is 202 Å². The van der Waals surface area contributed by atoms with Crippen molar-refractivity contribution in [1.29, 1.82) is 0 Å². The summed E-state index contributed by atoms with van der Waals surface area (Å²) < 4.78 is 20.7. The molecule has 14 heteroatoms. The second-order valence-corrected chi connectivity index (χ2v) is 18.1. The third-order valence-corrected chi connectivity index (χ3v) is 12.8. The summed E-state index contributed by atoms with van der Waals surface area (Å²) in [4.78, 5) is 64.2. The Morgan fingerprint density at radius 2 is 1.69 bits per heavy atom. The standard InChI is InChI=1S/C45H56N5O8P/c1-31-13-18-40-36(23-31)19-22-50(40)28-34-11-8-12-38(35-16-14-33(15-17-35)30-59(56,57)58-29-32-9-4-2-5-10-32)39(25-42(52)53)43(54)49-45(20-6-3-7-21-45)44(55)48-37(24-41(46)51)27-47-26-34/h2,4-5,8-10,12-19,22-23,34,37-39,47H,3,6-7,11,20-21,24-30H2,1H3,(H2,46,51)(H,48,55)(H,49,54)(H,52,53)(H,56,57)/b12-8+/t34-,37+,38-,39+/m1/s1. The Hall–Kier alpha value is -5.07. The zero-order chi connectivity index (χ0) is 42.0. The highest BCUT2D eigenvalue weighted by Crippen LogP contribution is 2.46. The van der Waals surface area contributed by atoms with Crippen molar-refractivity contribution in [2.45, 2.75) is 95.1 Å². The lowest BCUT2D eigenvalue weighted by Crippen LogP contribution is -2.63. The molecular weight excluding hydrogens is 769 g/mol. The van der Waals surface area contributed by atoms with Crippen LogP contribution in [0.2, 0.25) is 0 Å². The predicted molar refractivity (Wildman–Crippen MR) is 226 cm³/mol. The maximum atomic E-state index is 14.6. The number of carboxylic acid groups (broad SMARTS) is 1. The molecule has 2 heterocycles. The highest BCUT2D eigenvalue weighted by Gasteiger charge is 2.44. The summed E-state index contributed by atoms with van der Waals surface area (Å²) in [5.41, 5.74) is 8.53. The lowest BCUT2D eigenvalue weighted by molar-refractivity contribution is -0.143. The normalized spacial score (nSPS) is 23.3. The van der Waals surface area contributed by atoms with E-state index >= 15 is 0 Å². The number of fused-ring (bicyclic) bond motifs is 1. The number of nitrogens with two attached hydrogens (primary N) is 1. The summed E-state index contributed by atoms with van der Waals surface area (Å²) in [5.74, 6) is -4.56. The van der Waals surface area contributed by atoms with Gasteiger partial charge in [0, 0.05) is 43.7 Å². The maximum absolute atomic E-state index is 14.6. The van der Waals surface area contributed by atoms with E-state index in [1.807, 2.05) is 42.5 Å². The number of amides is 3. The molecule has 1 fully saturated rings. The van der Waals surface area contributed by atoms with Gasteiger partial charge in [-0.25, -0.2) is 0 Å². The Morgan fingerprint density at radius 1 is 0.949 bits per heavy atom. The van der Waals surface area contributed by atoms with Crippen molar-refractivity contribution in [3.63, 3.8) is 0 Å². The third kappa shape index (κ3) is 12.0. The molecule has 4 aromatic rings. The summed E-state index contributed by atoms with van der Waals surface area (Å²) in [6.45, 7) is 3.46. The smallest absolute Gasteiger partial charge is 0.332 e. The fourth-order valence-corrected chi connectivity index (χ4v) is 9.53. The summed E-state index contributed by atoms with van der Waals surface area (Å²) in [7, 11) is -4.03. The van der Waals surface area contributed by atoms with Crippen LogP contribution in [0, 0.1) is 18.8 Å². The zero-order valence-corrected chi connectivity index (χ0v) is 34.4. The molecule has 2 aliphatic rings. The van der Waals surface area contributed by atoms with Gasteiger partial charge in [0.1, 0.15) is 5.54 Å². The quantitative estimate of drug-likeness (QED) is 0.0724. The minimum absolute atomic E-state index is 0.00672. The Bertz CT molecular complexity index is 2170. The van der Waals surface area contributed by atoms with Crippen LogP contribution in [-0.2, 0) is 47.6 Å². The first kappa shape index (κ1) is 43.5. The number of carboxylic acids is 1. The number of carbonyl (C=O) groups excluding carboxylic acids is 3. The van der Waals surface area contributed by atoms with E-state index in [1.54, 1.807) is 24.3 Å². The first-order valence-corrected chi connectivity index (χ1v) is 22.2. The van der Waals surface area contributed by atoms with Gasteiger partial charge in [0.15, 0.2) is 0 Å². The predicted octanol–water partition coefficient (Wildman–Crippen LogP) is 6.07. The lowest BCUT2D eigenvalue weighted by Gasteiger charge is -2.39. The van der Waals surface area contributed by atoms with Crippen LogP contribution >= 0.6 is 7.60 Å². The second-order valence-electron chi connectivity index (χ2n) is 16.2. The van der Waals surface area contributed by atoms with Crippen molar-refractivity contribution in [2.75, 3.05) is 13.1 Å². The summed E-state index contributed by atoms with van der Waals surface area (Å²) in [6, 6.07) is 23.8. The van der Waals surface area contributed by atoms with Crippen LogP contribution in [-0.4, -0.2) is 62.9 Å². The lowest BCUT2D eigenvalue weighted by atomic mass is 9.78. The molecule has 3 aromatic carbocycles. The molecule has 7 N–H and O–H groups in total. The molecule has 1 saturated carbocycles. The molecule has 6 rings (SSSR count). The molecule has 1 unspecified atom stereocenters. The highest BCUT2D eigenvalue weighted by atomic mass is 31.2. The van der Waals surface area contributed by atoms with Crippen molar-refractivity contribution in [2.24, 2.45) is 17.6 Å². The first-order chi connectivity index (χ1) is 28.3. The van der Waals surface area contributed by atoms with Crippen LogP contribution in [0.5, 0.6) is 0 Å². The van der Waals surface area contributed by atoms with E-state index in [0.717, 1.165) is 28.5 Å². The number of nitrogens with one attached hydrogen (secondary N) is 3. The van der Waals surface area contributed by atoms with Gasteiger partial charge in [-0.3, -0.25) is 23.7 Å². The molecule has 1 spiro atoms. The van der Waals surface area contributed by atoms with Crippen LogP contribution in [0.1, 0.15) is 79.5 Å². The fourth-order valence-electron chi connectivity index (χ4n) is 8.41. The van der Waals surface area contributed by atoms with Gasteiger partial charge >= 0.3 is 13.6 Å². The number of aryl methyl sites for hydroxylation is 1. The average molecular weight is 826 g/mol. The van der Waals surface area contributed by atoms with E-state index < -0.39 is 61.1 Å². The van der Waals surface area contributed by atoms with E-state index in [-0.39, 0.29) is 31.7 Å². The number of primary amides is 1. The van der Waals surface area contributed by atoms with E-state index in [4.69, 9.17) is 10.3 Å². The Labute approximate surface area is 345 Å². The van der Waals surface area contributed by atoms with Crippen LogP contribution in [0.3, 0.4) is 0 Å². The molecule has 314 valence electrons. The molecule has 1 aromatic heterocycles. The van der Waals surface area contributed by atoms with Gasteiger partial charge in [0.25, 0.3) is 0 Å². The Morgan fingerprint density at radius 3 is 2.41 bits per heavy atom. The van der Waals surface area contributed by atoms with E-state index in [0.29, 0.717) is 56.3 Å². The number of aromatic nitrogens is 1. The van der Waals surface area contributed by atoms with Crippen molar-refractivity contribution in [1.82, 2.24) is 20.5 Å². The SMILES string of the molecule is Cc1ccc2c(ccn2C[C@@H]2C/C=C/[C@H](c3ccc(CP(=O)(O)OCc4ccccc4)cc3)[C@H](CC(=O)O)C(=O)NC3(CCCCC3)C(=O)N[C@@H](CC(N)=O)CNC2)c1. The van der Waals surface area contributed by atoms with Gasteiger partial charge < -0.3 is 40.8 Å². The van der Waals surface area contributed by atoms with Crippen molar-refractivity contribution in [3.05, 3.63) is 119 Å². The van der Waals surface area contributed by atoms with E-state index in [2.05, 4.69) is 57.9 Å². The Balaban J connectivity index is 1.33. The molecule has 1 aliphatic carbocycles. The molecular formula is C45H56N5O8P. The molecule has 0 radical (unpaired) electrons. The molecule has 0 saturated heterocycles. The maximum Gasteiger partial charge on any atom is 0.332 e. The highest BCUT2D eigenvalue weighted by molar-refractivity contribution is 7.51. The summed E-state index contributed by atoms with van der Waals surface area (Å²) in [5, 5.41) is 20.9. The monoisotopic (exact) mass is 825 g/mol. The minimum atomic E-state index is -4.03. The number of hydrogen-bond acceptors (Lipinski definition) is 7. The van der Waals surface area contributed by atoms with Gasteiger partial charge in [-0.05, 0) is 72.4 Å². The van der Waals surface area contributed by atoms with Gasteiger partial charge in [-0.2, -0.15) is 0 Å². The number of aliphatic carboxylic acids is 1. The zero-order valence-electron chi connectivity index (χ0n) is 33.6. The van der Waals surface area contributed by atoms with Crippen LogP contribution in [0.15, 0.2) is 97.2 Å². The molecule has 0 bridgehead atoms. The molecule has 1 aliphatic heterocycles. The van der Waals surface area contributed by atoms with Crippen LogP contribution in [0.25, 0.3) is 10.9 Å². The second kappa shape index (κ2) is 19.8. The minimum Gasteiger partial charge on any atom is -0.481 e. The first-order valence-electron chi connectivity index (χ1n) is 20.4. The van der Waals surface area contributed by atoms with E-state index in [1.165, 1.54) is 0 Å². The largest absolute Gasteiger partial charge is 0.481 e. The third-order valence-electron chi connectivity index (χ3n) is 11.5. The molecule has 13 nitrogen and oxygen atoms in total.